The van der Waals surface area contributed by atoms with Crippen molar-refractivity contribution in [2.24, 2.45) is 0 Å². The Labute approximate surface area is 169 Å². The minimum Gasteiger partial charge on any atom is -0.351 e. The normalized spacial score (nSPS) is 11.5. The van der Waals surface area contributed by atoms with Crippen LogP contribution in [0.25, 0.3) is 0 Å². The molecule has 0 spiro atoms. The predicted molar refractivity (Wildman–Crippen MR) is 112 cm³/mol. The Bertz CT molecular complexity index is 972. The summed E-state index contributed by atoms with van der Waals surface area (Å²) in [6.45, 7) is 2.35. The first-order chi connectivity index (χ1) is 14.1. The van der Waals surface area contributed by atoms with E-state index in [0.29, 0.717) is 24.2 Å². The predicted octanol–water partition coefficient (Wildman–Crippen LogP) is 4.89. The van der Waals surface area contributed by atoms with Crippen molar-refractivity contribution in [3.63, 3.8) is 0 Å². The van der Waals surface area contributed by atoms with Crippen molar-refractivity contribution in [3.05, 3.63) is 101 Å². The molecule has 0 heterocycles. The summed E-state index contributed by atoms with van der Waals surface area (Å²) in [7, 11) is 0. The number of hydrogen-bond acceptors (Lipinski definition) is 2. The van der Waals surface area contributed by atoms with Gasteiger partial charge in [-0.1, -0.05) is 49.4 Å². The van der Waals surface area contributed by atoms with E-state index in [1.807, 2.05) is 55.5 Å². The second-order valence-electron chi connectivity index (χ2n) is 6.75. The van der Waals surface area contributed by atoms with Gasteiger partial charge in [-0.3, -0.25) is 9.59 Å². The molecule has 0 fully saturated rings. The van der Waals surface area contributed by atoms with Gasteiger partial charge in [0.05, 0.1) is 5.92 Å². The molecule has 0 saturated carbocycles. The summed E-state index contributed by atoms with van der Waals surface area (Å²) in [6.07, 6.45) is 0.712. The fourth-order valence-corrected chi connectivity index (χ4v) is 3.13. The monoisotopic (exact) mass is 390 g/mol. The molecule has 0 aliphatic rings. The molecular formula is C24H23FN2O2. The first-order valence-corrected chi connectivity index (χ1v) is 9.55. The summed E-state index contributed by atoms with van der Waals surface area (Å²) in [5.41, 5.74) is 2.85. The molecule has 148 valence electrons. The second-order valence-corrected chi connectivity index (χ2v) is 6.75. The van der Waals surface area contributed by atoms with Crippen LogP contribution in [0.4, 0.5) is 10.1 Å². The highest BCUT2D eigenvalue weighted by molar-refractivity contribution is 6.04. The van der Waals surface area contributed by atoms with E-state index in [1.165, 1.54) is 24.3 Å². The third-order valence-electron chi connectivity index (χ3n) is 4.68. The van der Waals surface area contributed by atoms with Crippen molar-refractivity contribution in [2.75, 3.05) is 5.32 Å². The Balaban J connectivity index is 1.61. The number of benzene rings is 3. The third kappa shape index (κ3) is 5.51. The molecule has 0 aromatic heterocycles. The van der Waals surface area contributed by atoms with Gasteiger partial charge in [0.1, 0.15) is 5.82 Å². The Kier molecular flexibility index (Phi) is 6.74. The maximum absolute atomic E-state index is 13.0. The SMILES string of the molecule is CCC(C(=O)NCc1cccc(NC(=O)c2ccc(F)cc2)c1)c1ccccc1. The Morgan fingerprint density at radius 3 is 2.34 bits per heavy atom. The first kappa shape index (κ1) is 20.3. The van der Waals surface area contributed by atoms with Crippen LogP contribution in [0.2, 0.25) is 0 Å². The molecule has 3 aromatic rings. The van der Waals surface area contributed by atoms with Crippen LogP contribution in [0.15, 0.2) is 78.9 Å². The van der Waals surface area contributed by atoms with E-state index in [0.717, 1.165) is 11.1 Å². The Morgan fingerprint density at radius 1 is 0.931 bits per heavy atom. The number of carbonyl (C=O) groups is 2. The molecule has 3 aromatic carbocycles. The van der Waals surface area contributed by atoms with Gasteiger partial charge in [-0.15, -0.1) is 0 Å². The van der Waals surface area contributed by atoms with Crippen LogP contribution in [0.1, 0.15) is 40.7 Å². The number of nitrogens with one attached hydrogen (secondary N) is 2. The number of halogens is 1. The molecule has 3 rings (SSSR count). The van der Waals surface area contributed by atoms with Gasteiger partial charge in [0.25, 0.3) is 5.91 Å². The van der Waals surface area contributed by atoms with Crippen LogP contribution in [0.5, 0.6) is 0 Å². The Hall–Kier alpha value is -3.47. The lowest BCUT2D eigenvalue weighted by molar-refractivity contribution is -0.122. The lowest BCUT2D eigenvalue weighted by Crippen LogP contribution is -2.28. The third-order valence-corrected chi connectivity index (χ3v) is 4.68. The molecule has 0 radical (unpaired) electrons. The number of carbonyl (C=O) groups excluding carboxylic acids is 2. The maximum atomic E-state index is 13.0. The van der Waals surface area contributed by atoms with E-state index in [-0.39, 0.29) is 23.5 Å². The van der Waals surface area contributed by atoms with E-state index in [1.54, 1.807) is 6.07 Å². The van der Waals surface area contributed by atoms with Crippen molar-refractivity contribution in [2.45, 2.75) is 25.8 Å². The average Bonchev–Trinajstić information content (AvgIpc) is 2.74. The summed E-state index contributed by atoms with van der Waals surface area (Å²) in [5, 5.41) is 5.76. The molecule has 1 unspecified atom stereocenters. The van der Waals surface area contributed by atoms with Crippen molar-refractivity contribution >= 4 is 17.5 Å². The minimum absolute atomic E-state index is 0.0283. The second kappa shape index (κ2) is 9.64. The van der Waals surface area contributed by atoms with Crippen LogP contribution in [-0.2, 0) is 11.3 Å². The molecule has 0 bridgehead atoms. The molecule has 2 amide bonds. The van der Waals surface area contributed by atoms with Crippen LogP contribution in [0.3, 0.4) is 0 Å². The highest BCUT2D eigenvalue weighted by Crippen LogP contribution is 2.20. The van der Waals surface area contributed by atoms with E-state index >= 15 is 0 Å². The quantitative estimate of drug-likeness (QED) is 0.604. The maximum Gasteiger partial charge on any atom is 0.255 e. The summed E-state index contributed by atoms with van der Waals surface area (Å²) in [4.78, 5) is 24.9. The van der Waals surface area contributed by atoms with Crippen molar-refractivity contribution in [1.29, 1.82) is 0 Å². The van der Waals surface area contributed by atoms with Gasteiger partial charge in [0.2, 0.25) is 5.91 Å². The number of amides is 2. The molecule has 2 N–H and O–H groups in total. The van der Waals surface area contributed by atoms with Crippen LogP contribution in [-0.4, -0.2) is 11.8 Å². The first-order valence-electron chi connectivity index (χ1n) is 9.55. The topological polar surface area (TPSA) is 58.2 Å². The number of hydrogen-bond donors (Lipinski definition) is 2. The van der Waals surface area contributed by atoms with Crippen molar-refractivity contribution in [3.8, 4) is 0 Å². The van der Waals surface area contributed by atoms with Crippen molar-refractivity contribution in [1.82, 2.24) is 5.32 Å². The van der Waals surface area contributed by atoms with E-state index < -0.39 is 0 Å². The fraction of sp³-hybridized carbons (Fsp3) is 0.167. The van der Waals surface area contributed by atoms with Gasteiger partial charge in [-0.2, -0.15) is 0 Å². The van der Waals surface area contributed by atoms with Gasteiger partial charge in [0.15, 0.2) is 0 Å². The van der Waals surface area contributed by atoms with Gasteiger partial charge in [0, 0.05) is 17.8 Å². The van der Waals surface area contributed by atoms with Gasteiger partial charge < -0.3 is 10.6 Å². The van der Waals surface area contributed by atoms with Gasteiger partial charge >= 0.3 is 0 Å². The molecule has 29 heavy (non-hydrogen) atoms. The van der Waals surface area contributed by atoms with Crippen LogP contribution < -0.4 is 10.6 Å². The summed E-state index contributed by atoms with van der Waals surface area (Å²) in [6, 6.07) is 22.3. The molecule has 0 aliphatic heterocycles. The van der Waals surface area contributed by atoms with E-state index in [2.05, 4.69) is 10.6 Å². The standard InChI is InChI=1S/C24H23FN2O2/c1-2-22(18-8-4-3-5-9-18)24(29)26-16-17-7-6-10-21(15-17)27-23(28)19-11-13-20(25)14-12-19/h3-15,22H,2,16H2,1H3,(H,26,29)(H,27,28). The largest absolute Gasteiger partial charge is 0.351 e. The highest BCUT2D eigenvalue weighted by atomic mass is 19.1. The van der Waals surface area contributed by atoms with Crippen LogP contribution in [0, 0.1) is 5.82 Å². The number of anilines is 1. The Morgan fingerprint density at radius 2 is 1.66 bits per heavy atom. The lowest BCUT2D eigenvalue weighted by atomic mass is 9.95. The van der Waals surface area contributed by atoms with Crippen LogP contribution >= 0.6 is 0 Å². The summed E-state index contributed by atoms with van der Waals surface area (Å²) < 4.78 is 13.0. The fourth-order valence-electron chi connectivity index (χ4n) is 3.13. The lowest BCUT2D eigenvalue weighted by Gasteiger charge is -2.16. The molecule has 4 nitrogen and oxygen atoms in total. The van der Waals surface area contributed by atoms with E-state index in [9.17, 15) is 14.0 Å². The van der Waals surface area contributed by atoms with Gasteiger partial charge in [-0.25, -0.2) is 4.39 Å². The zero-order valence-electron chi connectivity index (χ0n) is 16.2. The molecule has 0 saturated heterocycles. The molecular weight excluding hydrogens is 367 g/mol. The highest BCUT2D eigenvalue weighted by Gasteiger charge is 2.18. The average molecular weight is 390 g/mol. The van der Waals surface area contributed by atoms with Gasteiger partial charge in [-0.05, 0) is 53.9 Å². The molecule has 1 atom stereocenters. The zero-order chi connectivity index (χ0) is 20.6. The zero-order valence-corrected chi connectivity index (χ0v) is 16.2. The smallest absolute Gasteiger partial charge is 0.255 e. The molecule has 5 heteroatoms. The summed E-state index contributed by atoms with van der Waals surface area (Å²) in [5.74, 6) is -0.932. The summed E-state index contributed by atoms with van der Waals surface area (Å²) >= 11 is 0. The molecule has 0 aliphatic carbocycles. The van der Waals surface area contributed by atoms with Crippen molar-refractivity contribution < 1.29 is 14.0 Å². The van der Waals surface area contributed by atoms with E-state index in [4.69, 9.17) is 0 Å². The number of rotatable bonds is 7. The minimum atomic E-state index is -0.389.